The van der Waals surface area contributed by atoms with Gasteiger partial charge in [0.15, 0.2) is 0 Å². The highest BCUT2D eigenvalue weighted by Gasteiger charge is 2.41. The third-order valence-electron chi connectivity index (χ3n) is 4.04. The second kappa shape index (κ2) is 6.23. The average Bonchev–Trinajstić information content (AvgIpc) is 2.90. The van der Waals surface area contributed by atoms with E-state index in [0.29, 0.717) is 31.9 Å². The Kier molecular flexibility index (Phi) is 4.63. The van der Waals surface area contributed by atoms with Crippen molar-refractivity contribution in [2.45, 2.75) is 44.1 Å². The van der Waals surface area contributed by atoms with Gasteiger partial charge in [0.1, 0.15) is 5.54 Å². The van der Waals surface area contributed by atoms with Crippen LogP contribution in [0.15, 0.2) is 0 Å². The van der Waals surface area contributed by atoms with Crippen molar-refractivity contribution in [1.29, 1.82) is 0 Å². The van der Waals surface area contributed by atoms with Crippen molar-refractivity contribution in [3.8, 4) is 0 Å². The van der Waals surface area contributed by atoms with Crippen LogP contribution in [0.4, 0.5) is 4.79 Å². The molecule has 0 aromatic rings. The van der Waals surface area contributed by atoms with Crippen molar-refractivity contribution in [1.82, 2.24) is 10.6 Å². The van der Waals surface area contributed by atoms with Crippen LogP contribution < -0.4 is 10.6 Å². The molecule has 0 bridgehead atoms. The second-order valence-electron chi connectivity index (χ2n) is 5.51. The van der Waals surface area contributed by atoms with Crippen LogP contribution in [0.3, 0.4) is 0 Å². The highest BCUT2D eigenvalue weighted by Crippen LogP contribution is 2.28. The number of carbonyl (C=O) groups excluding carboxylic acids is 1. The van der Waals surface area contributed by atoms with Crippen LogP contribution in [0.1, 0.15) is 38.5 Å². The first-order valence-corrected chi connectivity index (χ1v) is 6.99. The third kappa shape index (κ3) is 3.59. The van der Waals surface area contributed by atoms with Gasteiger partial charge in [-0.1, -0.05) is 19.3 Å². The molecule has 0 aromatic carbocycles. The minimum absolute atomic E-state index is 0.345. The van der Waals surface area contributed by atoms with Gasteiger partial charge in [0, 0.05) is 19.1 Å². The molecule has 2 rings (SSSR count). The van der Waals surface area contributed by atoms with E-state index < -0.39 is 11.5 Å². The van der Waals surface area contributed by atoms with E-state index in [1.165, 1.54) is 0 Å². The zero-order chi connectivity index (χ0) is 13.7. The van der Waals surface area contributed by atoms with Gasteiger partial charge in [-0.15, -0.1) is 0 Å². The van der Waals surface area contributed by atoms with E-state index in [9.17, 15) is 14.7 Å². The van der Waals surface area contributed by atoms with Crippen LogP contribution in [0.2, 0.25) is 0 Å². The lowest BCUT2D eigenvalue weighted by Gasteiger charge is -2.34. The molecule has 1 atom stereocenters. The molecular weight excluding hydrogens is 248 g/mol. The largest absolute Gasteiger partial charge is 0.480 e. The number of nitrogens with one attached hydrogen (secondary N) is 2. The van der Waals surface area contributed by atoms with E-state index in [0.717, 1.165) is 32.3 Å². The highest BCUT2D eigenvalue weighted by molar-refractivity contribution is 5.86. The van der Waals surface area contributed by atoms with Crippen molar-refractivity contribution >= 4 is 12.0 Å². The van der Waals surface area contributed by atoms with Gasteiger partial charge in [-0.2, -0.15) is 0 Å². The van der Waals surface area contributed by atoms with Gasteiger partial charge in [0.25, 0.3) is 0 Å². The van der Waals surface area contributed by atoms with E-state index in [-0.39, 0.29) is 6.03 Å². The fourth-order valence-electron chi connectivity index (χ4n) is 2.79. The SMILES string of the molecule is O=C(NCC1CCOC1)NC1(C(=O)O)CCCCC1. The Labute approximate surface area is 112 Å². The molecule has 6 nitrogen and oxygen atoms in total. The maximum Gasteiger partial charge on any atom is 0.329 e. The molecule has 0 radical (unpaired) electrons. The molecule has 2 amide bonds. The predicted octanol–water partition coefficient (Wildman–Crippen LogP) is 1.11. The summed E-state index contributed by atoms with van der Waals surface area (Å²) in [7, 11) is 0. The Bertz CT molecular complexity index is 334. The molecule has 0 spiro atoms. The van der Waals surface area contributed by atoms with Gasteiger partial charge < -0.3 is 20.5 Å². The van der Waals surface area contributed by atoms with Crippen LogP contribution in [-0.4, -0.2) is 42.4 Å². The molecule has 108 valence electrons. The summed E-state index contributed by atoms with van der Waals surface area (Å²) in [5.74, 6) is -0.579. The van der Waals surface area contributed by atoms with Crippen LogP contribution in [0, 0.1) is 5.92 Å². The summed E-state index contributed by atoms with van der Waals surface area (Å²) in [5.41, 5.74) is -1.07. The van der Waals surface area contributed by atoms with E-state index in [2.05, 4.69) is 10.6 Å². The van der Waals surface area contributed by atoms with Crippen LogP contribution in [0.5, 0.6) is 0 Å². The zero-order valence-electron chi connectivity index (χ0n) is 11.1. The summed E-state index contributed by atoms with van der Waals surface area (Å²) in [5, 5.41) is 14.8. The summed E-state index contributed by atoms with van der Waals surface area (Å²) < 4.78 is 5.23. The Morgan fingerprint density at radius 1 is 1.26 bits per heavy atom. The lowest BCUT2D eigenvalue weighted by molar-refractivity contribution is -0.145. The lowest BCUT2D eigenvalue weighted by atomic mass is 9.82. The molecule has 3 N–H and O–H groups in total. The van der Waals surface area contributed by atoms with Gasteiger partial charge in [0.2, 0.25) is 0 Å². The van der Waals surface area contributed by atoms with Gasteiger partial charge in [-0.25, -0.2) is 9.59 Å². The summed E-state index contributed by atoms with van der Waals surface area (Å²) >= 11 is 0. The quantitative estimate of drug-likeness (QED) is 0.714. The molecule has 1 aliphatic heterocycles. The Morgan fingerprint density at radius 3 is 2.58 bits per heavy atom. The summed E-state index contributed by atoms with van der Waals surface area (Å²) in [6, 6.07) is -0.379. The van der Waals surface area contributed by atoms with Crippen molar-refractivity contribution in [3.63, 3.8) is 0 Å². The van der Waals surface area contributed by atoms with E-state index in [1.807, 2.05) is 0 Å². The standard InChI is InChI=1S/C13H22N2O4/c16-11(17)13(5-2-1-3-6-13)15-12(18)14-8-10-4-7-19-9-10/h10H,1-9H2,(H,16,17)(H2,14,15,18). The Hall–Kier alpha value is -1.30. The minimum atomic E-state index is -1.07. The smallest absolute Gasteiger partial charge is 0.329 e. The molecule has 2 fully saturated rings. The second-order valence-corrected chi connectivity index (χ2v) is 5.51. The van der Waals surface area contributed by atoms with E-state index in [1.54, 1.807) is 0 Å². The van der Waals surface area contributed by atoms with Gasteiger partial charge >= 0.3 is 12.0 Å². The average molecular weight is 270 g/mol. The number of urea groups is 1. The number of hydrogen-bond donors (Lipinski definition) is 3. The number of ether oxygens (including phenoxy) is 1. The summed E-state index contributed by atoms with van der Waals surface area (Å²) in [6.45, 7) is 1.96. The first-order valence-electron chi connectivity index (χ1n) is 6.99. The van der Waals surface area contributed by atoms with Crippen molar-refractivity contribution in [2.24, 2.45) is 5.92 Å². The van der Waals surface area contributed by atoms with Crippen molar-refractivity contribution < 1.29 is 19.4 Å². The monoisotopic (exact) mass is 270 g/mol. The summed E-state index contributed by atoms with van der Waals surface area (Å²) in [4.78, 5) is 23.3. The van der Waals surface area contributed by atoms with Crippen molar-refractivity contribution in [3.05, 3.63) is 0 Å². The van der Waals surface area contributed by atoms with Crippen LogP contribution in [0.25, 0.3) is 0 Å². The number of amides is 2. The van der Waals surface area contributed by atoms with E-state index in [4.69, 9.17) is 4.74 Å². The predicted molar refractivity (Wildman–Crippen MR) is 68.9 cm³/mol. The lowest BCUT2D eigenvalue weighted by Crippen LogP contribution is -2.58. The Morgan fingerprint density at radius 2 is 2.00 bits per heavy atom. The van der Waals surface area contributed by atoms with E-state index >= 15 is 0 Å². The molecule has 1 unspecified atom stereocenters. The van der Waals surface area contributed by atoms with Gasteiger partial charge in [-0.05, 0) is 19.3 Å². The van der Waals surface area contributed by atoms with Crippen LogP contribution >= 0.6 is 0 Å². The molecule has 19 heavy (non-hydrogen) atoms. The third-order valence-corrected chi connectivity index (χ3v) is 4.04. The number of aliphatic carboxylic acids is 1. The van der Waals surface area contributed by atoms with Crippen molar-refractivity contribution in [2.75, 3.05) is 19.8 Å². The summed E-state index contributed by atoms with van der Waals surface area (Å²) in [6.07, 6.45) is 4.72. The fraction of sp³-hybridized carbons (Fsp3) is 0.846. The maximum atomic E-state index is 11.9. The Balaban J connectivity index is 1.82. The number of carboxylic acid groups (broad SMARTS) is 1. The van der Waals surface area contributed by atoms with Gasteiger partial charge in [0.05, 0.1) is 6.61 Å². The maximum absolute atomic E-state index is 11.9. The topological polar surface area (TPSA) is 87.7 Å². The van der Waals surface area contributed by atoms with Gasteiger partial charge in [-0.3, -0.25) is 0 Å². The molecule has 6 heteroatoms. The molecule has 1 saturated heterocycles. The molecule has 1 saturated carbocycles. The minimum Gasteiger partial charge on any atom is -0.480 e. The highest BCUT2D eigenvalue weighted by atomic mass is 16.5. The zero-order valence-corrected chi connectivity index (χ0v) is 11.1. The molecule has 2 aliphatic rings. The first-order chi connectivity index (χ1) is 9.12. The fourth-order valence-corrected chi connectivity index (χ4v) is 2.79. The number of carboxylic acids is 1. The first kappa shape index (κ1) is 14.1. The molecular formula is C13H22N2O4. The van der Waals surface area contributed by atoms with Crippen LogP contribution in [-0.2, 0) is 9.53 Å². The number of hydrogen-bond acceptors (Lipinski definition) is 3. The molecule has 1 heterocycles. The molecule has 1 aliphatic carbocycles. The number of rotatable bonds is 4. The molecule has 0 aromatic heterocycles. The normalized spacial score (nSPS) is 25.8. The number of carbonyl (C=O) groups is 2.